The molecule has 1 aliphatic heterocycles. The van der Waals surface area contributed by atoms with Crippen LogP contribution in [0.25, 0.3) is 10.6 Å². The monoisotopic (exact) mass is 341 g/mol. The van der Waals surface area contributed by atoms with Crippen LogP contribution in [0, 0.1) is 5.82 Å². The van der Waals surface area contributed by atoms with Crippen molar-refractivity contribution in [2.45, 2.75) is 12.3 Å². The number of carbonyl (C=O) groups is 1. The SMILES string of the molecule is O=C(c1cn[nH]c1-c1cccs1)N1CCC(c2ccccc2F)C1. The van der Waals surface area contributed by atoms with Gasteiger partial charge in [0.25, 0.3) is 5.91 Å². The average molecular weight is 341 g/mol. The second-order valence-electron chi connectivity index (χ2n) is 5.89. The molecule has 1 aromatic carbocycles. The molecule has 0 aliphatic carbocycles. The van der Waals surface area contributed by atoms with Crippen LogP contribution < -0.4 is 0 Å². The number of benzene rings is 1. The molecule has 3 aromatic rings. The topological polar surface area (TPSA) is 49.0 Å². The number of H-pyrrole nitrogens is 1. The highest BCUT2D eigenvalue weighted by atomic mass is 32.1. The van der Waals surface area contributed by atoms with Crippen LogP contribution in [-0.4, -0.2) is 34.1 Å². The molecule has 0 saturated carbocycles. The maximum absolute atomic E-state index is 14.0. The third-order valence-electron chi connectivity index (χ3n) is 4.46. The molecule has 1 aliphatic rings. The molecule has 1 saturated heterocycles. The molecule has 24 heavy (non-hydrogen) atoms. The lowest BCUT2D eigenvalue weighted by atomic mass is 9.98. The highest BCUT2D eigenvalue weighted by molar-refractivity contribution is 7.13. The summed E-state index contributed by atoms with van der Waals surface area (Å²) >= 11 is 1.56. The third-order valence-corrected chi connectivity index (χ3v) is 5.35. The lowest BCUT2D eigenvalue weighted by molar-refractivity contribution is 0.0791. The van der Waals surface area contributed by atoms with Crippen molar-refractivity contribution in [3.8, 4) is 10.6 Å². The van der Waals surface area contributed by atoms with Crippen LogP contribution in [0.15, 0.2) is 48.0 Å². The van der Waals surface area contributed by atoms with Gasteiger partial charge in [-0.15, -0.1) is 11.3 Å². The number of hydrogen-bond donors (Lipinski definition) is 1. The molecule has 6 heteroatoms. The Morgan fingerprint density at radius 1 is 1.29 bits per heavy atom. The van der Waals surface area contributed by atoms with Crippen LogP contribution >= 0.6 is 11.3 Å². The van der Waals surface area contributed by atoms with E-state index in [1.807, 2.05) is 29.6 Å². The highest BCUT2D eigenvalue weighted by Gasteiger charge is 2.31. The van der Waals surface area contributed by atoms with E-state index in [9.17, 15) is 9.18 Å². The molecule has 0 radical (unpaired) electrons. The molecule has 1 fully saturated rings. The van der Waals surface area contributed by atoms with Crippen molar-refractivity contribution in [1.82, 2.24) is 15.1 Å². The van der Waals surface area contributed by atoms with Gasteiger partial charge in [-0.1, -0.05) is 24.3 Å². The maximum Gasteiger partial charge on any atom is 0.257 e. The predicted octanol–water partition coefficient (Wildman–Crippen LogP) is 3.91. The zero-order valence-electron chi connectivity index (χ0n) is 12.9. The van der Waals surface area contributed by atoms with Crippen LogP contribution in [0.2, 0.25) is 0 Å². The van der Waals surface area contributed by atoms with Crippen LogP contribution in [0.5, 0.6) is 0 Å². The van der Waals surface area contributed by atoms with Crippen molar-refractivity contribution >= 4 is 17.2 Å². The molecular weight excluding hydrogens is 325 g/mol. The van der Waals surface area contributed by atoms with E-state index in [2.05, 4.69) is 10.2 Å². The lowest BCUT2D eigenvalue weighted by Gasteiger charge is -2.17. The molecule has 0 bridgehead atoms. The van der Waals surface area contributed by atoms with Crippen LogP contribution in [0.4, 0.5) is 4.39 Å². The molecular formula is C18H16FN3OS. The first-order valence-corrected chi connectivity index (χ1v) is 8.73. The Balaban J connectivity index is 1.55. The van der Waals surface area contributed by atoms with Gasteiger partial charge in [-0.25, -0.2) is 4.39 Å². The van der Waals surface area contributed by atoms with E-state index in [0.717, 1.165) is 17.0 Å². The molecule has 122 valence electrons. The summed E-state index contributed by atoms with van der Waals surface area (Å²) in [6.45, 7) is 1.17. The molecule has 1 unspecified atom stereocenters. The number of nitrogens with zero attached hydrogens (tertiary/aromatic N) is 2. The Kier molecular flexibility index (Phi) is 3.90. The van der Waals surface area contributed by atoms with Gasteiger partial charge in [0.1, 0.15) is 5.82 Å². The number of aromatic amines is 1. The fourth-order valence-corrected chi connectivity index (χ4v) is 3.97. The Morgan fingerprint density at radius 3 is 2.96 bits per heavy atom. The summed E-state index contributed by atoms with van der Waals surface area (Å²) in [5.74, 6) is -0.197. The number of hydrogen-bond acceptors (Lipinski definition) is 3. The largest absolute Gasteiger partial charge is 0.338 e. The summed E-state index contributed by atoms with van der Waals surface area (Å²) in [4.78, 5) is 15.6. The first-order chi connectivity index (χ1) is 11.7. The number of carbonyl (C=O) groups excluding carboxylic acids is 1. The fraction of sp³-hybridized carbons (Fsp3) is 0.222. The Labute approximate surface area is 142 Å². The van der Waals surface area contributed by atoms with Gasteiger partial charge < -0.3 is 4.90 Å². The molecule has 4 rings (SSSR count). The Hall–Kier alpha value is -2.47. The Bertz CT molecular complexity index is 859. The maximum atomic E-state index is 14.0. The van der Waals surface area contributed by atoms with Gasteiger partial charge in [0.05, 0.1) is 22.3 Å². The molecule has 2 aromatic heterocycles. The summed E-state index contributed by atoms with van der Waals surface area (Å²) in [5.41, 5.74) is 2.02. The molecule has 0 spiro atoms. The number of thiophene rings is 1. The van der Waals surface area contributed by atoms with Crippen LogP contribution in [-0.2, 0) is 0 Å². The number of nitrogens with one attached hydrogen (secondary N) is 1. The second-order valence-corrected chi connectivity index (χ2v) is 6.84. The molecule has 1 atom stereocenters. The van der Waals surface area contributed by atoms with E-state index in [-0.39, 0.29) is 17.6 Å². The van der Waals surface area contributed by atoms with Crippen LogP contribution in [0.1, 0.15) is 28.3 Å². The standard InChI is InChI=1S/C18H16FN3OS/c19-15-5-2-1-4-13(15)12-7-8-22(11-12)18(23)14-10-20-21-17(14)16-6-3-9-24-16/h1-6,9-10,12H,7-8,11H2,(H,20,21). The minimum atomic E-state index is -0.195. The molecule has 1 N–H and O–H groups in total. The predicted molar refractivity (Wildman–Crippen MR) is 91.6 cm³/mol. The van der Waals surface area contributed by atoms with Gasteiger partial charge in [0.15, 0.2) is 0 Å². The first-order valence-electron chi connectivity index (χ1n) is 7.85. The number of halogens is 1. The molecule has 3 heterocycles. The summed E-state index contributed by atoms with van der Waals surface area (Å²) in [5, 5.41) is 8.92. The minimum absolute atomic E-state index is 0.0484. The van der Waals surface area contributed by atoms with Crippen molar-refractivity contribution in [3.63, 3.8) is 0 Å². The summed E-state index contributed by atoms with van der Waals surface area (Å²) in [6, 6.07) is 10.7. The number of likely N-dealkylation sites (tertiary alicyclic amines) is 1. The van der Waals surface area contributed by atoms with Gasteiger partial charge >= 0.3 is 0 Å². The zero-order valence-corrected chi connectivity index (χ0v) is 13.7. The van der Waals surface area contributed by atoms with Crippen molar-refractivity contribution < 1.29 is 9.18 Å². The van der Waals surface area contributed by atoms with Crippen molar-refractivity contribution in [1.29, 1.82) is 0 Å². The second kappa shape index (κ2) is 6.20. The van der Waals surface area contributed by atoms with E-state index in [0.29, 0.717) is 24.2 Å². The molecule has 1 amide bonds. The number of aromatic nitrogens is 2. The van der Waals surface area contributed by atoms with Gasteiger partial charge in [-0.3, -0.25) is 9.89 Å². The fourth-order valence-electron chi connectivity index (χ4n) is 3.23. The quantitative estimate of drug-likeness (QED) is 0.785. The van der Waals surface area contributed by atoms with E-state index in [1.54, 1.807) is 28.5 Å². The molecule has 4 nitrogen and oxygen atoms in total. The number of rotatable bonds is 3. The van der Waals surface area contributed by atoms with Gasteiger partial charge in [-0.05, 0) is 29.5 Å². The Morgan fingerprint density at radius 2 is 2.17 bits per heavy atom. The van der Waals surface area contributed by atoms with E-state index >= 15 is 0 Å². The van der Waals surface area contributed by atoms with Gasteiger partial charge in [-0.2, -0.15) is 5.10 Å². The summed E-state index contributed by atoms with van der Waals surface area (Å²) in [6.07, 6.45) is 2.35. The van der Waals surface area contributed by atoms with Crippen LogP contribution in [0.3, 0.4) is 0 Å². The number of amides is 1. The first kappa shape index (κ1) is 15.1. The third kappa shape index (κ3) is 2.63. The summed E-state index contributed by atoms with van der Waals surface area (Å²) in [7, 11) is 0. The smallest absolute Gasteiger partial charge is 0.257 e. The van der Waals surface area contributed by atoms with Gasteiger partial charge in [0, 0.05) is 19.0 Å². The van der Waals surface area contributed by atoms with E-state index < -0.39 is 0 Å². The van der Waals surface area contributed by atoms with Crippen molar-refractivity contribution in [3.05, 3.63) is 64.9 Å². The normalized spacial score (nSPS) is 17.4. The average Bonchev–Trinajstić information content (AvgIpc) is 3.34. The van der Waals surface area contributed by atoms with E-state index in [1.165, 1.54) is 6.07 Å². The minimum Gasteiger partial charge on any atom is -0.338 e. The van der Waals surface area contributed by atoms with Crippen molar-refractivity contribution in [2.75, 3.05) is 13.1 Å². The lowest BCUT2D eigenvalue weighted by Crippen LogP contribution is -2.28. The zero-order chi connectivity index (χ0) is 16.5. The van der Waals surface area contributed by atoms with Crippen molar-refractivity contribution in [2.24, 2.45) is 0 Å². The van der Waals surface area contributed by atoms with Gasteiger partial charge in [0.2, 0.25) is 0 Å². The highest BCUT2D eigenvalue weighted by Crippen LogP contribution is 2.32. The summed E-state index contributed by atoms with van der Waals surface area (Å²) < 4.78 is 14.0. The van der Waals surface area contributed by atoms with E-state index in [4.69, 9.17) is 0 Å².